The molecule has 1 atom stereocenters. The Kier molecular flexibility index (Phi) is 5.49. The van der Waals surface area contributed by atoms with Crippen LogP contribution in [0.2, 0.25) is 0 Å². The van der Waals surface area contributed by atoms with E-state index < -0.39 is 0 Å². The van der Waals surface area contributed by atoms with Crippen molar-refractivity contribution in [1.82, 2.24) is 10.2 Å². The second-order valence-electron chi connectivity index (χ2n) is 5.32. The van der Waals surface area contributed by atoms with E-state index in [1.165, 1.54) is 18.6 Å². The quantitative estimate of drug-likeness (QED) is 0.833. The highest BCUT2D eigenvalue weighted by atomic mass is 19.1. The Balaban J connectivity index is 1.70. The first-order chi connectivity index (χ1) is 9.67. The molecule has 1 saturated heterocycles. The Bertz CT molecular complexity index is 452. The minimum atomic E-state index is -0.336. The van der Waals surface area contributed by atoms with Crippen molar-refractivity contribution in [3.05, 3.63) is 30.1 Å². The minimum Gasteiger partial charge on any atom is -0.326 e. The summed E-state index contributed by atoms with van der Waals surface area (Å²) in [6.45, 7) is 3.90. The molecule has 0 bridgehead atoms. The molecule has 0 aliphatic carbocycles. The molecule has 110 valence electrons. The molecule has 4 nitrogen and oxygen atoms in total. The molecule has 0 saturated carbocycles. The van der Waals surface area contributed by atoms with Crippen LogP contribution in [-0.2, 0) is 4.79 Å². The monoisotopic (exact) mass is 279 g/mol. The summed E-state index contributed by atoms with van der Waals surface area (Å²) < 4.78 is 13.0. The second kappa shape index (κ2) is 7.36. The third-order valence-corrected chi connectivity index (χ3v) is 3.63. The van der Waals surface area contributed by atoms with Gasteiger partial charge in [0.05, 0.1) is 0 Å². The molecule has 1 fully saturated rings. The molecule has 1 aromatic carbocycles. The van der Waals surface area contributed by atoms with Crippen LogP contribution in [0.25, 0.3) is 0 Å². The number of carbonyl (C=O) groups excluding carboxylic acids is 1. The molecule has 20 heavy (non-hydrogen) atoms. The van der Waals surface area contributed by atoms with Gasteiger partial charge in [0.15, 0.2) is 0 Å². The molecule has 5 heteroatoms. The summed E-state index contributed by atoms with van der Waals surface area (Å²) in [6.07, 6.45) is 1.63. The van der Waals surface area contributed by atoms with Crippen molar-refractivity contribution in [2.24, 2.45) is 5.92 Å². The highest BCUT2D eigenvalue weighted by Gasteiger charge is 2.21. The Morgan fingerprint density at radius 1 is 1.50 bits per heavy atom. The first-order valence-corrected chi connectivity index (χ1v) is 7.10. The molecular weight excluding hydrogens is 257 g/mol. The van der Waals surface area contributed by atoms with Gasteiger partial charge < -0.3 is 15.5 Å². The summed E-state index contributed by atoms with van der Waals surface area (Å²) in [5, 5.41) is 5.92. The van der Waals surface area contributed by atoms with Crippen LogP contribution in [0.5, 0.6) is 0 Å². The Morgan fingerprint density at radius 2 is 2.35 bits per heavy atom. The van der Waals surface area contributed by atoms with Gasteiger partial charge in [-0.3, -0.25) is 4.79 Å². The standard InChI is InChI=1S/C15H22FN3O/c1-17-10-12-5-7-19(11-12)8-6-15(20)18-14-4-2-3-13(16)9-14/h2-4,9,12,17H,5-8,10-11H2,1H3,(H,18,20). The molecule has 0 radical (unpaired) electrons. The van der Waals surface area contributed by atoms with Crippen molar-refractivity contribution in [3.8, 4) is 0 Å². The zero-order valence-corrected chi connectivity index (χ0v) is 11.9. The molecule has 2 N–H and O–H groups in total. The number of nitrogens with zero attached hydrogens (tertiary/aromatic N) is 1. The Labute approximate surface area is 119 Å². The van der Waals surface area contributed by atoms with Crippen LogP contribution in [0, 0.1) is 11.7 Å². The zero-order chi connectivity index (χ0) is 14.4. The first kappa shape index (κ1) is 14.9. The largest absolute Gasteiger partial charge is 0.326 e. The fourth-order valence-corrected chi connectivity index (χ4v) is 2.62. The van der Waals surface area contributed by atoms with Crippen LogP contribution in [0.15, 0.2) is 24.3 Å². The SMILES string of the molecule is CNCC1CCN(CCC(=O)Nc2cccc(F)c2)C1. The fraction of sp³-hybridized carbons (Fsp3) is 0.533. The van der Waals surface area contributed by atoms with E-state index >= 15 is 0 Å². The number of anilines is 1. The summed E-state index contributed by atoms with van der Waals surface area (Å²) in [4.78, 5) is 14.1. The number of likely N-dealkylation sites (tertiary alicyclic amines) is 1. The van der Waals surface area contributed by atoms with Crippen LogP contribution in [0.1, 0.15) is 12.8 Å². The van der Waals surface area contributed by atoms with Crippen molar-refractivity contribution in [2.45, 2.75) is 12.8 Å². The number of nitrogens with one attached hydrogen (secondary N) is 2. The normalized spacial score (nSPS) is 19.2. The summed E-state index contributed by atoms with van der Waals surface area (Å²) in [7, 11) is 1.97. The lowest BCUT2D eigenvalue weighted by atomic mass is 10.1. The summed E-state index contributed by atoms with van der Waals surface area (Å²) in [6, 6.07) is 5.98. The number of benzene rings is 1. The van der Waals surface area contributed by atoms with Crippen LogP contribution < -0.4 is 10.6 Å². The van der Waals surface area contributed by atoms with Gasteiger partial charge in [-0.15, -0.1) is 0 Å². The van der Waals surface area contributed by atoms with Gasteiger partial charge in [-0.1, -0.05) is 6.07 Å². The number of carbonyl (C=O) groups is 1. The lowest BCUT2D eigenvalue weighted by Gasteiger charge is -2.15. The van der Waals surface area contributed by atoms with Crippen LogP contribution in [0.3, 0.4) is 0 Å². The van der Waals surface area contributed by atoms with E-state index in [4.69, 9.17) is 0 Å². The predicted octanol–water partition coefficient (Wildman–Crippen LogP) is 1.70. The molecular formula is C15H22FN3O. The van der Waals surface area contributed by atoms with Crippen LogP contribution in [0.4, 0.5) is 10.1 Å². The number of rotatable bonds is 6. The van der Waals surface area contributed by atoms with Gasteiger partial charge in [0.1, 0.15) is 5.82 Å². The van der Waals surface area contributed by atoms with Gasteiger partial charge in [0, 0.05) is 25.2 Å². The smallest absolute Gasteiger partial charge is 0.225 e. The van der Waals surface area contributed by atoms with E-state index in [0.29, 0.717) is 18.0 Å². The lowest BCUT2D eigenvalue weighted by molar-refractivity contribution is -0.116. The van der Waals surface area contributed by atoms with E-state index in [2.05, 4.69) is 15.5 Å². The summed E-state index contributed by atoms with van der Waals surface area (Å²) in [5.74, 6) is 0.288. The number of amides is 1. The summed E-state index contributed by atoms with van der Waals surface area (Å²) >= 11 is 0. The summed E-state index contributed by atoms with van der Waals surface area (Å²) in [5.41, 5.74) is 0.518. The van der Waals surface area contributed by atoms with E-state index in [9.17, 15) is 9.18 Å². The van der Waals surface area contributed by atoms with Crippen LogP contribution in [-0.4, -0.2) is 44.0 Å². The van der Waals surface area contributed by atoms with Gasteiger partial charge in [-0.05, 0) is 50.7 Å². The predicted molar refractivity (Wildman–Crippen MR) is 78.1 cm³/mol. The fourth-order valence-electron chi connectivity index (χ4n) is 2.62. The second-order valence-corrected chi connectivity index (χ2v) is 5.32. The molecule has 1 aliphatic rings. The van der Waals surface area contributed by atoms with Gasteiger partial charge in [-0.25, -0.2) is 4.39 Å². The zero-order valence-electron chi connectivity index (χ0n) is 11.9. The van der Waals surface area contributed by atoms with E-state index in [-0.39, 0.29) is 11.7 Å². The minimum absolute atomic E-state index is 0.0623. The highest BCUT2D eigenvalue weighted by molar-refractivity contribution is 5.90. The van der Waals surface area contributed by atoms with Crippen molar-refractivity contribution in [2.75, 3.05) is 38.5 Å². The topological polar surface area (TPSA) is 44.4 Å². The third-order valence-electron chi connectivity index (χ3n) is 3.63. The van der Waals surface area contributed by atoms with Gasteiger partial charge in [0.2, 0.25) is 5.91 Å². The Hall–Kier alpha value is -1.46. The van der Waals surface area contributed by atoms with Crippen molar-refractivity contribution < 1.29 is 9.18 Å². The van der Waals surface area contributed by atoms with Gasteiger partial charge in [0.25, 0.3) is 0 Å². The maximum Gasteiger partial charge on any atom is 0.225 e. The van der Waals surface area contributed by atoms with Crippen molar-refractivity contribution in [1.29, 1.82) is 0 Å². The Morgan fingerprint density at radius 3 is 3.10 bits per heavy atom. The maximum atomic E-state index is 13.0. The molecule has 0 spiro atoms. The van der Waals surface area contributed by atoms with E-state index in [1.807, 2.05) is 7.05 Å². The molecule has 0 aromatic heterocycles. The molecule has 1 amide bonds. The number of halogens is 1. The van der Waals surface area contributed by atoms with E-state index in [1.54, 1.807) is 12.1 Å². The third kappa shape index (κ3) is 4.58. The molecule has 1 aliphatic heterocycles. The molecule has 2 rings (SSSR count). The average molecular weight is 279 g/mol. The number of hydrogen-bond acceptors (Lipinski definition) is 3. The first-order valence-electron chi connectivity index (χ1n) is 7.10. The maximum absolute atomic E-state index is 13.0. The van der Waals surface area contributed by atoms with Crippen molar-refractivity contribution >= 4 is 11.6 Å². The van der Waals surface area contributed by atoms with E-state index in [0.717, 1.165) is 26.2 Å². The highest BCUT2D eigenvalue weighted by Crippen LogP contribution is 2.15. The van der Waals surface area contributed by atoms with Gasteiger partial charge >= 0.3 is 0 Å². The van der Waals surface area contributed by atoms with Gasteiger partial charge in [-0.2, -0.15) is 0 Å². The molecule has 1 aromatic rings. The average Bonchev–Trinajstić information content (AvgIpc) is 2.85. The van der Waals surface area contributed by atoms with Crippen molar-refractivity contribution in [3.63, 3.8) is 0 Å². The molecule has 1 unspecified atom stereocenters. The van der Waals surface area contributed by atoms with Crippen LogP contribution >= 0.6 is 0 Å². The number of hydrogen-bond donors (Lipinski definition) is 2. The lowest BCUT2D eigenvalue weighted by Crippen LogP contribution is -2.27. The molecule has 1 heterocycles.